The summed E-state index contributed by atoms with van der Waals surface area (Å²) in [6.45, 7) is 12.9. The van der Waals surface area contributed by atoms with Gasteiger partial charge in [-0.25, -0.2) is 0 Å². The van der Waals surface area contributed by atoms with Crippen LogP contribution in [0.4, 0.5) is 0 Å². The SMILES string of the molecule is CC[C@@]12C[C@@]34CC(C)C3C1(C)C(CC4C)C2C. The fourth-order valence-electron chi connectivity index (χ4n) is 8.34. The van der Waals surface area contributed by atoms with Crippen molar-refractivity contribution in [1.29, 1.82) is 0 Å². The van der Waals surface area contributed by atoms with E-state index in [9.17, 15) is 0 Å². The van der Waals surface area contributed by atoms with Crippen molar-refractivity contribution >= 4 is 0 Å². The van der Waals surface area contributed by atoms with Crippen molar-refractivity contribution in [2.75, 3.05) is 0 Å². The van der Waals surface area contributed by atoms with E-state index in [1.54, 1.807) is 19.3 Å². The average Bonchev–Trinajstić information content (AvgIpc) is 2.34. The van der Waals surface area contributed by atoms with E-state index in [0.717, 1.165) is 45.8 Å². The molecular weight excluding hydrogens is 204 g/mol. The summed E-state index contributed by atoms with van der Waals surface area (Å²) < 4.78 is 0. The predicted molar refractivity (Wildman–Crippen MR) is 71.6 cm³/mol. The van der Waals surface area contributed by atoms with Gasteiger partial charge in [0, 0.05) is 0 Å². The maximum Gasteiger partial charge on any atom is -0.0199 e. The zero-order valence-corrected chi connectivity index (χ0v) is 12.2. The summed E-state index contributed by atoms with van der Waals surface area (Å²) >= 11 is 0. The van der Waals surface area contributed by atoms with Gasteiger partial charge >= 0.3 is 0 Å². The number of hydrogen-bond donors (Lipinski definition) is 0. The Balaban J connectivity index is 1.90. The zero-order valence-electron chi connectivity index (χ0n) is 12.2. The Bertz CT molecular complexity index is 385. The number of rotatable bonds is 1. The minimum atomic E-state index is 0.728. The van der Waals surface area contributed by atoms with Gasteiger partial charge in [0.25, 0.3) is 0 Å². The van der Waals surface area contributed by atoms with Crippen molar-refractivity contribution in [1.82, 2.24) is 0 Å². The Morgan fingerprint density at radius 2 is 1.88 bits per heavy atom. The van der Waals surface area contributed by atoms with Crippen LogP contribution in [0.1, 0.15) is 60.3 Å². The molecule has 0 aromatic rings. The molecule has 4 rings (SSSR count). The molecule has 0 radical (unpaired) electrons. The van der Waals surface area contributed by atoms with E-state index >= 15 is 0 Å². The standard InChI is InChI=1S/C17H28/c1-6-17-9-16-8-10(2)14(16)15(17,5)13(12(17)4)7-11(16)3/h10-14H,6-9H2,1-5H3/t10?,11?,12?,13?,14?,15?,16-,17+/m1/s1. The summed E-state index contributed by atoms with van der Waals surface area (Å²) in [5.74, 6) is 5.18. The number of hydrogen-bond acceptors (Lipinski definition) is 0. The first kappa shape index (κ1) is 10.9. The van der Waals surface area contributed by atoms with E-state index in [0.29, 0.717) is 0 Å². The van der Waals surface area contributed by atoms with Crippen LogP contribution in [-0.2, 0) is 0 Å². The molecule has 0 aromatic carbocycles. The van der Waals surface area contributed by atoms with Crippen molar-refractivity contribution < 1.29 is 0 Å². The lowest BCUT2D eigenvalue weighted by Crippen LogP contribution is -2.67. The van der Waals surface area contributed by atoms with Crippen molar-refractivity contribution in [2.45, 2.75) is 60.3 Å². The van der Waals surface area contributed by atoms with Crippen LogP contribution in [0.15, 0.2) is 0 Å². The normalized spacial score (nSPS) is 71.5. The monoisotopic (exact) mass is 232 g/mol. The lowest BCUT2D eigenvalue weighted by atomic mass is 9.32. The zero-order chi connectivity index (χ0) is 12.2. The fourth-order valence-corrected chi connectivity index (χ4v) is 8.34. The molecule has 0 amide bonds. The molecule has 0 heteroatoms. The van der Waals surface area contributed by atoms with Crippen LogP contribution < -0.4 is 0 Å². The Morgan fingerprint density at radius 1 is 1.18 bits per heavy atom. The molecule has 17 heavy (non-hydrogen) atoms. The van der Waals surface area contributed by atoms with Gasteiger partial charge in [-0.3, -0.25) is 0 Å². The molecule has 0 heterocycles. The fraction of sp³-hybridized carbons (Fsp3) is 1.00. The Morgan fingerprint density at radius 3 is 2.47 bits per heavy atom. The second-order valence-corrected chi connectivity index (χ2v) is 8.39. The van der Waals surface area contributed by atoms with Crippen molar-refractivity contribution in [3.63, 3.8) is 0 Å². The molecule has 0 aliphatic heterocycles. The highest BCUT2D eigenvalue weighted by molar-refractivity contribution is 5.32. The minimum Gasteiger partial charge on any atom is -0.0648 e. The van der Waals surface area contributed by atoms with Gasteiger partial charge in [0.1, 0.15) is 0 Å². The molecule has 4 aliphatic carbocycles. The molecule has 4 fully saturated rings. The van der Waals surface area contributed by atoms with E-state index in [-0.39, 0.29) is 0 Å². The molecule has 4 saturated carbocycles. The van der Waals surface area contributed by atoms with Gasteiger partial charge in [-0.15, -0.1) is 0 Å². The summed E-state index contributed by atoms with van der Waals surface area (Å²) in [5, 5.41) is 0. The Kier molecular flexibility index (Phi) is 1.68. The molecule has 0 nitrogen and oxygen atoms in total. The smallest absolute Gasteiger partial charge is 0.0199 e. The van der Waals surface area contributed by atoms with Gasteiger partial charge in [0.05, 0.1) is 0 Å². The second kappa shape index (κ2) is 2.63. The first-order chi connectivity index (χ1) is 7.94. The average molecular weight is 232 g/mol. The summed E-state index contributed by atoms with van der Waals surface area (Å²) in [5.41, 5.74) is 2.24. The van der Waals surface area contributed by atoms with Crippen molar-refractivity contribution in [3.8, 4) is 0 Å². The van der Waals surface area contributed by atoms with E-state index in [1.165, 1.54) is 6.42 Å². The molecule has 6 unspecified atom stereocenters. The maximum absolute atomic E-state index is 2.69. The molecule has 0 aromatic heterocycles. The predicted octanol–water partition coefficient (Wildman–Crippen LogP) is 4.74. The van der Waals surface area contributed by atoms with E-state index < -0.39 is 0 Å². The topological polar surface area (TPSA) is 0 Å². The van der Waals surface area contributed by atoms with Gasteiger partial charge in [-0.2, -0.15) is 0 Å². The largest absolute Gasteiger partial charge is 0.0648 e. The molecule has 8 atom stereocenters. The molecule has 96 valence electrons. The Labute approximate surface area is 107 Å². The van der Waals surface area contributed by atoms with Crippen LogP contribution in [0.25, 0.3) is 0 Å². The van der Waals surface area contributed by atoms with Gasteiger partial charge in [-0.05, 0) is 71.5 Å². The van der Waals surface area contributed by atoms with Crippen LogP contribution >= 0.6 is 0 Å². The third kappa shape index (κ3) is 0.742. The van der Waals surface area contributed by atoms with Crippen LogP contribution in [0, 0.1) is 45.8 Å². The quantitative estimate of drug-likeness (QED) is 0.612. The van der Waals surface area contributed by atoms with Crippen LogP contribution in [-0.4, -0.2) is 0 Å². The molecule has 0 spiro atoms. The van der Waals surface area contributed by atoms with Crippen LogP contribution in [0.5, 0.6) is 0 Å². The van der Waals surface area contributed by atoms with Crippen molar-refractivity contribution in [2.24, 2.45) is 45.8 Å². The maximum atomic E-state index is 2.69. The van der Waals surface area contributed by atoms with Gasteiger partial charge in [0.15, 0.2) is 0 Å². The van der Waals surface area contributed by atoms with Gasteiger partial charge in [-0.1, -0.05) is 34.6 Å². The Hall–Kier alpha value is 0. The molecule has 2 bridgehead atoms. The summed E-state index contributed by atoms with van der Waals surface area (Å²) in [6.07, 6.45) is 6.12. The first-order valence-corrected chi connectivity index (χ1v) is 7.94. The summed E-state index contributed by atoms with van der Waals surface area (Å²) in [4.78, 5) is 0. The highest BCUT2D eigenvalue weighted by Gasteiger charge is 2.84. The third-order valence-corrected chi connectivity index (χ3v) is 8.72. The van der Waals surface area contributed by atoms with E-state index in [2.05, 4.69) is 34.6 Å². The lowest BCUT2D eigenvalue weighted by Gasteiger charge is -2.73. The molecule has 0 saturated heterocycles. The lowest BCUT2D eigenvalue weighted by molar-refractivity contribution is -0.250. The van der Waals surface area contributed by atoms with E-state index in [4.69, 9.17) is 0 Å². The summed E-state index contributed by atoms with van der Waals surface area (Å²) in [6, 6.07) is 0. The van der Waals surface area contributed by atoms with E-state index in [1.807, 2.05) is 0 Å². The van der Waals surface area contributed by atoms with Crippen molar-refractivity contribution in [3.05, 3.63) is 0 Å². The minimum absolute atomic E-state index is 0.728. The molecular formula is C17H28. The summed E-state index contributed by atoms with van der Waals surface area (Å²) in [7, 11) is 0. The van der Waals surface area contributed by atoms with Crippen LogP contribution in [0.3, 0.4) is 0 Å². The molecule has 4 aliphatic rings. The van der Waals surface area contributed by atoms with Gasteiger partial charge in [0.2, 0.25) is 0 Å². The second-order valence-electron chi connectivity index (χ2n) is 8.39. The van der Waals surface area contributed by atoms with Gasteiger partial charge < -0.3 is 0 Å². The highest BCUT2D eigenvalue weighted by atomic mass is 14.9. The third-order valence-electron chi connectivity index (χ3n) is 8.72. The van der Waals surface area contributed by atoms with Crippen LogP contribution in [0.2, 0.25) is 0 Å². The highest BCUT2D eigenvalue weighted by Crippen LogP contribution is 2.90. The first-order valence-electron chi connectivity index (χ1n) is 7.94. The molecule has 0 N–H and O–H groups in total.